The molecule has 19 heavy (non-hydrogen) atoms. The molecule has 1 saturated heterocycles. The highest BCUT2D eigenvalue weighted by atomic mass is 35.5. The van der Waals surface area contributed by atoms with Gasteiger partial charge >= 0.3 is 0 Å². The van der Waals surface area contributed by atoms with Gasteiger partial charge in [-0.1, -0.05) is 13.3 Å². The molecule has 1 aromatic heterocycles. The van der Waals surface area contributed by atoms with Crippen LogP contribution in [0.25, 0.3) is 0 Å². The van der Waals surface area contributed by atoms with Crippen LogP contribution in [0.2, 0.25) is 0 Å². The Balaban J connectivity index is 2.25. The molecule has 106 valence electrons. The third kappa shape index (κ3) is 3.83. The molecule has 0 spiro atoms. The molecule has 0 atom stereocenters. The molecule has 3 nitrogen and oxygen atoms in total. The molecule has 4 heteroatoms. The summed E-state index contributed by atoms with van der Waals surface area (Å²) in [6, 6.07) is 4.22. The molecule has 0 N–H and O–H groups in total. The second kappa shape index (κ2) is 6.10. The van der Waals surface area contributed by atoms with Crippen molar-refractivity contribution in [3.8, 4) is 0 Å². The highest BCUT2D eigenvalue weighted by Gasteiger charge is 2.28. The highest BCUT2D eigenvalue weighted by molar-refractivity contribution is 6.17. The molecule has 0 unspecified atom stereocenters. The van der Waals surface area contributed by atoms with Gasteiger partial charge in [0.25, 0.3) is 0 Å². The fraction of sp³-hybridized carbons (Fsp3) is 0.667. The number of aryl methyl sites for hydroxylation is 1. The van der Waals surface area contributed by atoms with Crippen LogP contribution >= 0.6 is 11.6 Å². The topological polar surface area (TPSA) is 25.4 Å². The van der Waals surface area contributed by atoms with Gasteiger partial charge in [-0.3, -0.25) is 0 Å². The zero-order valence-electron chi connectivity index (χ0n) is 12.1. The van der Waals surface area contributed by atoms with E-state index in [-0.39, 0.29) is 5.60 Å². The first kappa shape index (κ1) is 14.6. The van der Waals surface area contributed by atoms with Crippen molar-refractivity contribution in [1.82, 2.24) is 4.98 Å². The van der Waals surface area contributed by atoms with Crippen LogP contribution in [0.3, 0.4) is 0 Å². The summed E-state index contributed by atoms with van der Waals surface area (Å²) in [5.74, 6) is 1.58. The van der Waals surface area contributed by atoms with Crippen LogP contribution < -0.4 is 4.90 Å². The van der Waals surface area contributed by atoms with E-state index in [1.165, 1.54) is 0 Å². The third-order valence-electron chi connectivity index (χ3n) is 3.33. The van der Waals surface area contributed by atoms with Crippen molar-refractivity contribution < 1.29 is 4.74 Å². The lowest BCUT2D eigenvalue weighted by molar-refractivity contribution is -0.0279. The Bertz CT molecular complexity index is 434. The molecule has 0 aliphatic carbocycles. The summed E-state index contributed by atoms with van der Waals surface area (Å²) in [5.41, 5.74) is 2.18. The maximum absolute atomic E-state index is 5.99. The number of alkyl halides is 1. The normalized spacial score (nSPS) is 18.6. The number of anilines is 1. The van der Waals surface area contributed by atoms with Crippen molar-refractivity contribution in [2.75, 3.05) is 24.6 Å². The molecule has 0 bridgehead atoms. The molecular weight excluding hydrogens is 260 g/mol. The van der Waals surface area contributed by atoms with Gasteiger partial charge in [0.05, 0.1) is 12.2 Å². The molecule has 1 aliphatic rings. The molecule has 1 aromatic rings. The van der Waals surface area contributed by atoms with Gasteiger partial charge in [-0.25, -0.2) is 4.98 Å². The number of pyridine rings is 1. The molecule has 2 rings (SSSR count). The minimum Gasteiger partial charge on any atom is -0.372 e. The van der Waals surface area contributed by atoms with E-state index < -0.39 is 0 Å². The molecular formula is C15H23ClN2O. The number of halogens is 1. The predicted octanol–water partition coefficient (Wildman–Crippen LogP) is 3.39. The summed E-state index contributed by atoms with van der Waals surface area (Å²) in [4.78, 5) is 7.08. The van der Waals surface area contributed by atoms with Crippen LogP contribution in [0.4, 0.5) is 5.82 Å². The monoisotopic (exact) mass is 282 g/mol. The van der Waals surface area contributed by atoms with Crippen molar-refractivity contribution in [1.29, 1.82) is 0 Å². The van der Waals surface area contributed by atoms with E-state index in [0.717, 1.165) is 49.6 Å². The number of aromatic nitrogens is 1. The van der Waals surface area contributed by atoms with Gasteiger partial charge in [0.1, 0.15) is 5.82 Å². The summed E-state index contributed by atoms with van der Waals surface area (Å²) in [5, 5.41) is 0. The van der Waals surface area contributed by atoms with Gasteiger partial charge in [-0.05, 0) is 38.0 Å². The minimum absolute atomic E-state index is 0.109. The molecule has 0 radical (unpaired) electrons. The number of nitrogens with zero attached hydrogens (tertiary/aromatic N) is 2. The zero-order chi connectivity index (χ0) is 13.9. The van der Waals surface area contributed by atoms with E-state index in [1.807, 2.05) is 0 Å². The summed E-state index contributed by atoms with van der Waals surface area (Å²) < 4.78 is 5.76. The van der Waals surface area contributed by atoms with Gasteiger partial charge in [0.2, 0.25) is 0 Å². The van der Waals surface area contributed by atoms with Gasteiger partial charge in [0.15, 0.2) is 0 Å². The van der Waals surface area contributed by atoms with Crippen LogP contribution in [0, 0.1) is 0 Å². The van der Waals surface area contributed by atoms with E-state index in [4.69, 9.17) is 21.3 Å². The van der Waals surface area contributed by atoms with E-state index in [2.05, 4.69) is 37.8 Å². The van der Waals surface area contributed by atoms with Gasteiger partial charge in [-0.2, -0.15) is 0 Å². The Morgan fingerprint density at radius 2 is 2.21 bits per heavy atom. The van der Waals surface area contributed by atoms with Crippen molar-refractivity contribution >= 4 is 17.4 Å². The molecule has 0 saturated carbocycles. The van der Waals surface area contributed by atoms with Crippen LogP contribution in [0.1, 0.15) is 38.4 Å². The van der Waals surface area contributed by atoms with E-state index in [1.54, 1.807) is 0 Å². The largest absolute Gasteiger partial charge is 0.372 e. The maximum Gasteiger partial charge on any atom is 0.129 e. The fourth-order valence-electron chi connectivity index (χ4n) is 2.47. The number of ether oxygens (including phenoxy) is 1. The highest BCUT2D eigenvalue weighted by Crippen LogP contribution is 2.23. The minimum atomic E-state index is -0.109. The van der Waals surface area contributed by atoms with E-state index >= 15 is 0 Å². The molecule has 0 amide bonds. The molecule has 2 heterocycles. The first-order valence-electron chi connectivity index (χ1n) is 6.99. The lowest BCUT2D eigenvalue weighted by Crippen LogP contribution is -2.48. The van der Waals surface area contributed by atoms with Crippen LogP contribution in [0.5, 0.6) is 0 Å². The fourth-order valence-corrected chi connectivity index (χ4v) is 2.62. The summed E-state index contributed by atoms with van der Waals surface area (Å²) >= 11 is 5.99. The second-order valence-corrected chi connectivity index (χ2v) is 6.01. The van der Waals surface area contributed by atoms with E-state index in [0.29, 0.717) is 5.88 Å². The zero-order valence-corrected chi connectivity index (χ0v) is 12.8. The second-order valence-electron chi connectivity index (χ2n) is 5.74. The smallest absolute Gasteiger partial charge is 0.129 e. The lowest BCUT2D eigenvalue weighted by Gasteiger charge is -2.39. The standard InChI is InChI=1S/C15H23ClN2O/c1-4-5-13-8-12(10-16)9-14(17-13)18-6-7-19-15(2,3)11-18/h8-9H,4-7,10-11H2,1-3H3. The van der Waals surface area contributed by atoms with Gasteiger partial charge < -0.3 is 9.64 Å². The van der Waals surface area contributed by atoms with Crippen LogP contribution in [-0.4, -0.2) is 30.3 Å². The third-order valence-corrected chi connectivity index (χ3v) is 3.64. The summed E-state index contributed by atoms with van der Waals surface area (Å²) in [6.07, 6.45) is 2.11. The molecule has 1 aliphatic heterocycles. The van der Waals surface area contributed by atoms with Crippen molar-refractivity contribution in [2.45, 2.75) is 45.1 Å². The Morgan fingerprint density at radius 3 is 2.84 bits per heavy atom. The average Bonchev–Trinajstić information content (AvgIpc) is 2.37. The van der Waals surface area contributed by atoms with Gasteiger partial charge in [0, 0.05) is 24.7 Å². The first-order valence-corrected chi connectivity index (χ1v) is 7.52. The SMILES string of the molecule is CCCc1cc(CCl)cc(N2CCOC(C)(C)C2)n1. The van der Waals surface area contributed by atoms with Crippen LogP contribution in [-0.2, 0) is 17.0 Å². The number of hydrogen-bond donors (Lipinski definition) is 0. The molecule has 1 fully saturated rings. The predicted molar refractivity (Wildman–Crippen MR) is 80.0 cm³/mol. The Labute approximate surface area is 120 Å². The first-order chi connectivity index (χ1) is 9.04. The molecule has 0 aromatic carbocycles. The van der Waals surface area contributed by atoms with Gasteiger partial charge in [-0.15, -0.1) is 11.6 Å². The van der Waals surface area contributed by atoms with E-state index in [9.17, 15) is 0 Å². The Kier molecular flexibility index (Phi) is 4.69. The van der Waals surface area contributed by atoms with Crippen LogP contribution in [0.15, 0.2) is 12.1 Å². The number of hydrogen-bond acceptors (Lipinski definition) is 3. The lowest BCUT2D eigenvalue weighted by atomic mass is 10.1. The Hall–Kier alpha value is -0.800. The van der Waals surface area contributed by atoms with Crippen molar-refractivity contribution in [2.24, 2.45) is 0 Å². The van der Waals surface area contributed by atoms with Crippen molar-refractivity contribution in [3.63, 3.8) is 0 Å². The maximum atomic E-state index is 5.99. The summed E-state index contributed by atoms with van der Waals surface area (Å²) in [7, 11) is 0. The quantitative estimate of drug-likeness (QED) is 0.792. The number of rotatable bonds is 4. The Morgan fingerprint density at radius 1 is 1.42 bits per heavy atom. The number of morpholine rings is 1. The van der Waals surface area contributed by atoms with Crippen molar-refractivity contribution in [3.05, 3.63) is 23.4 Å². The summed E-state index contributed by atoms with van der Waals surface area (Å²) in [6.45, 7) is 8.94. The average molecular weight is 283 g/mol.